The maximum absolute atomic E-state index is 12.8. The van der Waals surface area contributed by atoms with E-state index in [1.807, 2.05) is 66.7 Å². The fourth-order valence-electron chi connectivity index (χ4n) is 5.30. The highest BCUT2D eigenvalue weighted by molar-refractivity contribution is 6.99. The van der Waals surface area contributed by atoms with Gasteiger partial charge in [-0.1, -0.05) is 112 Å². The number of hydrogen-bond donors (Lipinski definition) is 0. The molecule has 0 N–H and O–H groups in total. The van der Waals surface area contributed by atoms with Crippen molar-refractivity contribution in [2.45, 2.75) is 50.6 Å². The average Bonchev–Trinajstić information content (AvgIpc) is 3.56. The lowest BCUT2D eigenvalue weighted by Gasteiger charge is -2.43. The zero-order valence-electron chi connectivity index (χ0n) is 20.8. The number of carbonyl (C=O) groups is 2. The third kappa shape index (κ3) is 4.33. The van der Waals surface area contributed by atoms with Gasteiger partial charge in [-0.15, -0.1) is 0 Å². The van der Waals surface area contributed by atoms with E-state index in [2.05, 4.69) is 45.0 Å². The van der Waals surface area contributed by atoms with E-state index in [1.165, 1.54) is 4.90 Å². The number of cyclic esters (lactones) is 1. The summed E-state index contributed by atoms with van der Waals surface area (Å²) in [6, 6.07) is 29.2. The van der Waals surface area contributed by atoms with Crippen LogP contribution in [0.1, 0.15) is 26.3 Å². The van der Waals surface area contributed by atoms with Gasteiger partial charge in [0.2, 0.25) is 0 Å². The van der Waals surface area contributed by atoms with E-state index in [1.54, 1.807) is 0 Å². The molecular weight excluding hydrogens is 470 g/mol. The van der Waals surface area contributed by atoms with Crippen molar-refractivity contribution >= 4 is 30.8 Å². The average molecular weight is 502 g/mol. The molecule has 3 atom stereocenters. The largest absolute Gasteiger partial charge is 0.456 e. The summed E-state index contributed by atoms with van der Waals surface area (Å²) in [5.74, 6) is -0.396. The quantitative estimate of drug-likeness (QED) is 0.279. The summed E-state index contributed by atoms with van der Waals surface area (Å²) in [5, 5.41) is 2.11. The van der Waals surface area contributed by atoms with Gasteiger partial charge in [-0.2, -0.15) is 0 Å². The van der Waals surface area contributed by atoms with E-state index in [4.69, 9.17) is 13.9 Å². The van der Waals surface area contributed by atoms with E-state index in [0.717, 1.165) is 15.9 Å². The smallest absolute Gasteiger partial charge is 0.411 e. The molecule has 3 aromatic carbocycles. The van der Waals surface area contributed by atoms with Crippen LogP contribution in [0.2, 0.25) is 5.04 Å². The summed E-state index contributed by atoms with van der Waals surface area (Å²) >= 11 is 0. The molecule has 5 rings (SSSR count). The predicted molar refractivity (Wildman–Crippen MR) is 139 cm³/mol. The van der Waals surface area contributed by atoms with Crippen LogP contribution in [0.4, 0.5) is 4.79 Å². The van der Waals surface area contributed by atoms with E-state index in [-0.39, 0.29) is 24.3 Å². The summed E-state index contributed by atoms with van der Waals surface area (Å²) in [5.41, 5.74) is 0.895. The number of ether oxygens (including phenoxy) is 2. The van der Waals surface area contributed by atoms with Crippen LogP contribution in [-0.2, 0) is 25.3 Å². The molecule has 0 aliphatic carbocycles. The lowest BCUT2D eigenvalue weighted by Crippen LogP contribution is -2.67. The van der Waals surface area contributed by atoms with Crippen LogP contribution in [-0.4, -0.2) is 50.1 Å². The second-order valence-corrected chi connectivity index (χ2v) is 14.6. The molecule has 0 saturated carbocycles. The molecule has 2 heterocycles. The van der Waals surface area contributed by atoms with Crippen molar-refractivity contribution in [3.8, 4) is 0 Å². The van der Waals surface area contributed by atoms with Gasteiger partial charge in [-0.05, 0) is 21.0 Å². The molecule has 36 heavy (non-hydrogen) atoms. The molecule has 2 aliphatic heterocycles. The Balaban J connectivity index is 1.35. The standard InChI is InChI=1S/C29H31NO5Si/c1-29(2,3)36(22-15-9-5-10-16-22,23-17-11-6-12-18-23)34-20-24-25-26(27(31)35-24)30(25)28(32)33-19-21-13-7-4-8-14-21/h4-18,24-26H,19-20H2,1-3H3/t24-,25-,26-,30?/m1/s1. The Bertz CT molecular complexity index is 1170. The predicted octanol–water partition coefficient (Wildman–Crippen LogP) is 3.88. The number of hydrogen-bond acceptors (Lipinski definition) is 5. The molecule has 0 aromatic heterocycles. The van der Waals surface area contributed by atoms with Gasteiger partial charge in [0.25, 0.3) is 8.32 Å². The van der Waals surface area contributed by atoms with Gasteiger partial charge in [-0.25, -0.2) is 9.59 Å². The van der Waals surface area contributed by atoms with E-state index < -0.39 is 32.5 Å². The van der Waals surface area contributed by atoms with E-state index in [0.29, 0.717) is 0 Å². The van der Waals surface area contributed by atoms with Gasteiger partial charge in [0.15, 0.2) is 6.04 Å². The molecule has 186 valence electrons. The van der Waals surface area contributed by atoms with Crippen molar-refractivity contribution in [2.75, 3.05) is 6.61 Å². The zero-order valence-corrected chi connectivity index (χ0v) is 21.8. The first-order valence-electron chi connectivity index (χ1n) is 12.3. The molecule has 7 heteroatoms. The molecule has 2 fully saturated rings. The minimum Gasteiger partial charge on any atom is -0.456 e. The van der Waals surface area contributed by atoms with Crippen LogP contribution < -0.4 is 10.4 Å². The number of esters is 1. The molecule has 0 radical (unpaired) electrons. The third-order valence-corrected chi connectivity index (χ3v) is 12.0. The summed E-state index contributed by atoms with van der Waals surface area (Å²) in [6.45, 7) is 6.98. The number of carbonyl (C=O) groups excluding carboxylic acids is 2. The Morgan fingerprint density at radius 2 is 1.42 bits per heavy atom. The van der Waals surface area contributed by atoms with Crippen LogP contribution in [0, 0.1) is 0 Å². The summed E-state index contributed by atoms with van der Waals surface area (Å²) in [7, 11) is -2.78. The highest BCUT2D eigenvalue weighted by Gasteiger charge is 2.67. The monoisotopic (exact) mass is 501 g/mol. The Morgan fingerprint density at radius 3 is 1.94 bits per heavy atom. The van der Waals surface area contributed by atoms with Gasteiger partial charge in [-0.3, -0.25) is 4.90 Å². The summed E-state index contributed by atoms with van der Waals surface area (Å²) in [4.78, 5) is 26.8. The Hall–Kier alpha value is -3.42. The number of rotatable bonds is 7. The summed E-state index contributed by atoms with van der Waals surface area (Å²) in [6.07, 6.45) is -1.03. The molecule has 3 aromatic rings. The minimum absolute atomic E-state index is 0.161. The minimum atomic E-state index is -2.78. The summed E-state index contributed by atoms with van der Waals surface area (Å²) < 4.78 is 18.1. The number of nitrogens with zero attached hydrogens (tertiary/aromatic N) is 1. The van der Waals surface area contributed by atoms with Crippen molar-refractivity contribution in [2.24, 2.45) is 0 Å². The second-order valence-electron chi connectivity index (χ2n) is 10.3. The van der Waals surface area contributed by atoms with Gasteiger partial charge in [0.05, 0.1) is 6.61 Å². The number of benzene rings is 3. The molecule has 2 saturated heterocycles. The van der Waals surface area contributed by atoms with Gasteiger partial charge in [0, 0.05) is 0 Å². The van der Waals surface area contributed by atoms with Crippen molar-refractivity contribution in [3.05, 3.63) is 96.6 Å². The number of amides is 1. The van der Waals surface area contributed by atoms with Gasteiger partial charge < -0.3 is 13.9 Å². The lowest BCUT2D eigenvalue weighted by atomic mass is 10.2. The number of morpholine rings is 1. The first-order chi connectivity index (χ1) is 17.3. The fraction of sp³-hybridized carbons (Fsp3) is 0.310. The molecule has 0 bridgehead atoms. The van der Waals surface area contributed by atoms with Gasteiger partial charge in [0.1, 0.15) is 18.8 Å². The van der Waals surface area contributed by atoms with E-state index in [9.17, 15) is 9.59 Å². The molecule has 1 amide bonds. The Labute approximate surface area is 212 Å². The fourth-order valence-corrected chi connectivity index (χ4v) is 9.87. The van der Waals surface area contributed by atoms with Crippen molar-refractivity contribution < 1.29 is 23.5 Å². The van der Waals surface area contributed by atoms with Crippen molar-refractivity contribution in [3.63, 3.8) is 0 Å². The highest BCUT2D eigenvalue weighted by Crippen LogP contribution is 2.42. The lowest BCUT2D eigenvalue weighted by molar-refractivity contribution is -0.147. The first-order valence-corrected chi connectivity index (χ1v) is 14.2. The van der Waals surface area contributed by atoms with E-state index >= 15 is 0 Å². The highest BCUT2D eigenvalue weighted by atomic mass is 28.4. The maximum atomic E-state index is 12.8. The van der Waals surface area contributed by atoms with Crippen molar-refractivity contribution in [1.29, 1.82) is 0 Å². The maximum Gasteiger partial charge on any atom is 0.411 e. The molecule has 0 unspecified atom stereocenters. The van der Waals surface area contributed by atoms with Crippen molar-refractivity contribution in [1.82, 2.24) is 4.90 Å². The molecule has 0 spiro atoms. The van der Waals surface area contributed by atoms with Crippen LogP contribution >= 0.6 is 0 Å². The second kappa shape index (κ2) is 9.56. The topological polar surface area (TPSA) is 64.8 Å². The zero-order chi connectivity index (χ0) is 25.3. The Morgan fingerprint density at radius 1 is 0.889 bits per heavy atom. The van der Waals surface area contributed by atoms with Crippen LogP contribution in [0.25, 0.3) is 0 Å². The number of fused-ring (bicyclic) bond motifs is 1. The van der Waals surface area contributed by atoms with Gasteiger partial charge >= 0.3 is 12.1 Å². The van der Waals surface area contributed by atoms with Crippen LogP contribution in [0.15, 0.2) is 91.0 Å². The normalized spacial score (nSPS) is 21.0. The molecule has 6 nitrogen and oxygen atoms in total. The van der Waals surface area contributed by atoms with Crippen LogP contribution in [0.3, 0.4) is 0 Å². The molecule has 2 aliphatic rings. The SMILES string of the molecule is CC(C)(C)[Si](OC[C@H]1OC(=O)[C@H]2[C@@H]1N2C(=O)OCc1ccccc1)(c1ccccc1)c1ccccc1. The Kier molecular flexibility index (Phi) is 6.45. The third-order valence-electron chi connectivity index (χ3n) is 7.04. The molecular formula is C29H31NO5Si. The van der Waals surface area contributed by atoms with Crippen LogP contribution in [0.5, 0.6) is 0 Å². The first kappa shape index (κ1) is 24.3.